The fraction of sp³-hybridized carbons (Fsp3) is 0.500. The van der Waals surface area contributed by atoms with E-state index in [9.17, 15) is 14.4 Å². The van der Waals surface area contributed by atoms with Gasteiger partial charge in [0.25, 0.3) is 5.91 Å². The van der Waals surface area contributed by atoms with Crippen molar-refractivity contribution < 1.29 is 38.1 Å². The van der Waals surface area contributed by atoms with Crippen molar-refractivity contribution in [3.8, 4) is 17.2 Å². The molecule has 1 aliphatic carbocycles. The van der Waals surface area contributed by atoms with Gasteiger partial charge in [-0.2, -0.15) is 0 Å². The molecule has 1 aromatic carbocycles. The van der Waals surface area contributed by atoms with Crippen molar-refractivity contribution in [2.45, 2.75) is 71.1 Å². The fourth-order valence-corrected chi connectivity index (χ4v) is 4.44. The van der Waals surface area contributed by atoms with E-state index in [0.717, 1.165) is 32.1 Å². The summed E-state index contributed by atoms with van der Waals surface area (Å²) in [5, 5.41) is 2.62. The number of carbonyl (C=O) groups is 3. The number of nitrogens with zero attached hydrogens (tertiary/aromatic N) is 1. The van der Waals surface area contributed by atoms with E-state index >= 15 is 0 Å². The Hall–Kier alpha value is -3.82. The van der Waals surface area contributed by atoms with Crippen LogP contribution in [0.2, 0.25) is 0 Å². The smallest absolute Gasteiger partial charge is 0.328 e. The van der Waals surface area contributed by atoms with Gasteiger partial charge in [0.2, 0.25) is 6.79 Å². The van der Waals surface area contributed by atoms with Crippen molar-refractivity contribution >= 4 is 17.8 Å². The Morgan fingerprint density at radius 3 is 2.42 bits per heavy atom. The maximum absolute atomic E-state index is 13.1. The average Bonchev–Trinajstić information content (AvgIpc) is 2.92. The first kappa shape index (κ1) is 28.7. The van der Waals surface area contributed by atoms with Crippen LogP contribution in [0.1, 0.15) is 63.4 Å². The van der Waals surface area contributed by atoms with Crippen LogP contribution in [0.4, 0.5) is 0 Å². The molecule has 206 valence electrons. The van der Waals surface area contributed by atoms with E-state index in [2.05, 4.69) is 10.3 Å². The van der Waals surface area contributed by atoms with Gasteiger partial charge in [-0.05, 0) is 44.7 Å². The first-order valence-electron chi connectivity index (χ1n) is 12.8. The molecule has 3 rings (SSSR count). The molecule has 1 fully saturated rings. The predicted molar refractivity (Wildman–Crippen MR) is 138 cm³/mol. The number of aromatic nitrogens is 1. The van der Waals surface area contributed by atoms with Gasteiger partial charge in [0, 0.05) is 19.2 Å². The largest absolute Gasteiger partial charge is 0.493 e. The predicted octanol–water partition coefficient (Wildman–Crippen LogP) is 4.07. The monoisotopic (exact) mass is 528 g/mol. The number of nitrogens with one attached hydrogen (secondary N) is 1. The van der Waals surface area contributed by atoms with Gasteiger partial charge in [0.05, 0.1) is 7.11 Å². The standard InChI is InChI=1S/C28H36N2O8/c1-18(30-27(32)24-26(36-17-35-20(3)31)23(34-4)15-16-29-24)28(33)38-25(21-11-7-5-8-12-21)19(2)37-22-13-9-6-10-14-22/h6,9-10,13-16,18-19,21,25H,5,7-8,11-12,17H2,1-4H3,(H,30,32)/t18-,19-,25+/m0/s1. The molecule has 1 N–H and O–H groups in total. The van der Waals surface area contributed by atoms with Gasteiger partial charge in [-0.15, -0.1) is 0 Å². The number of benzene rings is 1. The number of para-hydroxylation sites is 1. The summed E-state index contributed by atoms with van der Waals surface area (Å²) >= 11 is 0. The quantitative estimate of drug-likeness (QED) is 0.321. The fourth-order valence-electron chi connectivity index (χ4n) is 4.44. The summed E-state index contributed by atoms with van der Waals surface area (Å²) < 4.78 is 27.6. The van der Waals surface area contributed by atoms with Crippen LogP contribution in [0.5, 0.6) is 17.2 Å². The first-order valence-corrected chi connectivity index (χ1v) is 12.8. The van der Waals surface area contributed by atoms with Crippen LogP contribution in [-0.4, -0.2) is 55.0 Å². The van der Waals surface area contributed by atoms with E-state index < -0.39 is 36.8 Å². The minimum absolute atomic E-state index is 0.0146. The van der Waals surface area contributed by atoms with Crippen molar-refractivity contribution in [2.75, 3.05) is 13.9 Å². The van der Waals surface area contributed by atoms with Crippen molar-refractivity contribution in [1.82, 2.24) is 10.3 Å². The molecule has 1 heterocycles. The number of hydrogen-bond donors (Lipinski definition) is 1. The molecule has 1 aromatic heterocycles. The SMILES string of the molecule is COc1ccnc(C(=O)N[C@@H](C)C(=O)O[C@@H](C2CCCCC2)[C@H](C)Oc2ccccc2)c1OCOC(C)=O. The summed E-state index contributed by atoms with van der Waals surface area (Å²) in [5.74, 6) is -0.736. The van der Waals surface area contributed by atoms with E-state index in [-0.39, 0.29) is 29.2 Å². The molecule has 10 nitrogen and oxygen atoms in total. The molecule has 0 unspecified atom stereocenters. The molecule has 0 spiro atoms. The zero-order chi connectivity index (χ0) is 27.5. The molecule has 1 saturated carbocycles. The molecule has 1 amide bonds. The summed E-state index contributed by atoms with van der Waals surface area (Å²) in [6.07, 6.45) is 5.70. The molecule has 0 saturated heterocycles. The highest BCUT2D eigenvalue weighted by Crippen LogP contribution is 2.32. The van der Waals surface area contributed by atoms with Crippen LogP contribution in [0.15, 0.2) is 42.6 Å². The van der Waals surface area contributed by atoms with Crippen LogP contribution >= 0.6 is 0 Å². The number of hydrogen-bond acceptors (Lipinski definition) is 9. The summed E-state index contributed by atoms with van der Waals surface area (Å²) in [4.78, 5) is 41.4. The number of amides is 1. The Balaban J connectivity index is 1.70. The van der Waals surface area contributed by atoms with Gasteiger partial charge < -0.3 is 29.0 Å². The lowest BCUT2D eigenvalue weighted by molar-refractivity contribution is -0.160. The number of carbonyl (C=O) groups excluding carboxylic acids is 3. The van der Waals surface area contributed by atoms with Gasteiger partial charge in [0.15, 0.2) is 17.2 Å². The van der Waals surface area contributed by atoms with Gasteiger partial charge in [-0.1, -0.05) is 37.5 Å². The lowest BCUT2D eigenvalue weighted by Gasteiger charge is -2.34. The first-order chi connectivity index (χ1) is 18.3. The van der Waals surface area contributed by atoms with Crippen LogP contribution < -0.4 is 19.5 Å². The number of pyridine rings is 1. The van der Waals surface area contributed by atoms with Crippen LogP contribution in [0.3, 0.4) is 0 Å². The normalized spacial score (nSPS) is 15.9. The molecule has 38 heavy (non-hydrogen) atoms. The van der Waals surface area contributed by atoms with Gasteiger partial charge in [-0.25, -0.2) is 9.78 Å². The van der Waals surface area contributed by atoms with E-state index in [4.69, 9.17) is 23.7 Å². The van der Waals surface area contributed by atoms with Gasteiger partial charge in [0.1, 0.15) is 24.0 Å². The van der Waals surface area contributed by atoms with E-state index in [0.29, 0.717) is 5.75 Å². The number of esters is 2. The highest BCUT2D eigenvalue weighted by atomic mass is 16.7. The maximum atomic E-state index is 13.1. The minimum atomic E-state index is -0.980. The zero-order valence-corrected chi connectivity index (χ0v) is 22.3. The molecule has 0 radical (unpaired) electrons. The topological polar surface area (TPSA) is 122 Å². The highest BCUT2D eigenvalue weighted by molar-refractivity contribution is 5.98. The maximum Gasteiger partial charge on any atom is 0.328 e. The van der Waals surface area contributed by atoms with E-state index in [1.807, 2.05) is 37.3 Å². The Bertz CT molecular complexity index is 1070. The van der Waals surface area contributed by atoms with Gasteiger partial charge >= 0.3 is 11.9 Å². The van der Waals surface area contributed by atoms with E-state index in [1.165, 1.54) is 26.3 Å². The molecule has 10 heteroatoms. The van der Waals surface area contributed by atoms with Crippen LogP contribution in [0.25, 0.3) is 0 Å². The third-order valence-electron chi connectivity index (χ3n) is 6.36. The molecule has 0 aliphatic heterocycles. The number of ether oxygens (including phenoxy) is 5. The molecular weight excluding hydrogens is 492 g/mol. The summed E-state index contributed by atoms with van der Waals surface area (Å²) in [5.41, 5.74) is -0.124. The summed E-state index contributed by atoms with van der Waals surface area (Å²) in [7, 11) is 1.40. The summed E-state index contributed by atoms with van der Waals surface area (Å²) in [6, 6.07) is 9.93. The highest BCUT2D eigenvalue weighted by Gasteiger charge is 2.34. The lowest BCUT2D eigenvalue weighted by Crippen LogP contribution is -2.46. The Kier molecular flexibility index (Phi) is 10.7. The molecule has 3 atom stereocenters. The second kappa shape index (κ2) is 14.2. The Labute approximate surface area is 223 Å². The van der Waals surface area contributed by atoms with Crippen molar-refractivity contribution in [3.63, 3.8) is 0 Å². The molecule has 1 aliphatic rings. The third kappa shape index (κ3) is 8.09. The number of methoxy groups -OCH3 is 1. The van der Waals surface area contributed by atoms with Gasteiger partial charge in [-0.3, -0.25) is 9.59 Å². The second-order valence-electron chi connectivity index (χ2n) is 9.22. The third-order valence-corrected chi connectivity index (χ3v) is 6.36. The second-order valence-corrected chi connectivity index (χ2v) is 9.22. The average molecular weight is 529 g/mol. The Morgan fingerprint density at radius 1 is 1.05 bits per heavy atom. The summed E-state index contributed by atoms with van der Waals surface area (Å²) in [6.45, 7) is 4.24. The minimum Gasteiger partial charge on any atom is -0.493 e. The lowest BCUT2D eigenvalue weighted by atomic mass is 9.83. The van der Waals surface area contributed by atoms with Crippen molar-refractivity contribution in [3.05, 3.63) is 48.3 Å². The van der Waals surface area contributed by atoms with Crippen LogP contribution in [0, 0.1) is 5.92 Å². The molecule has 0 bridgehead atoms. The zero-order valence-electron chi connectivity index (χ0n) is 22.3. The molecular formula is C28H36N2O8. The van der Waals surface area contributed by atoms with Crippen LogP contribution in [-0.2, 0) is 19.1 Å². The van der Waals surface area contributed by atoms with Crippen molar-refractivity contribution in [1.29, 1.82) is 0 Å². The Morgan fingerprint density at radius 2 is 1.76 bits per heavy atom. The number of rotatable bonds is 12. The van der Waals surface area contributed by atoms with E-state index in [1.54, 1.807) is 6.92 Å². The molecule has 2 aromatic rings. The van der Waals surface area contributed by atoms with Crippen molar-refractivity contribution in [2.24, 2.45) is 5.92 Å².